The van der Waals surface area contributed by atoms with Crippen LogP contribution in [0.2, 0.25) is 0 Å². The van der Waals surface area contributed by atoms with E-state index < -0.39 is 0 Å². The molecule has 3 rings (SSSR count). The molecule has 0 unspecified atom stereocenters. The minimum Gasteiger partial charge on any atom is -0.341 e. The molecular formula is C19H22I2N2OS. The van der Waals surface area contributed by atoms with Gasteiger partial charge >= 0.3 is 0 Å². The van der Waals surface area contributed by atoms with Crippen LogP contribution in [0.5, 0.6) is 0 Å². The van der Waals surface area contributed by atoms with Crippen LogP contribution < -0.4 is 5.32 Å². The van der Waals surface area contributed by atoms with Gasteiger partial charge in [0.1, 0.15) is 6.04 Å². The molecular weight excluding hydrogens is 558 g/mol. The molecule has 2 aliphatic heterocycles. The van der Waals surface area contributed by atoms with E-state index in [1.54, 1.807) is 0 Å². The summed E-state index contributed by atoms with van der Waals surface area (Å²) in [6.07, 6.45) is 6.49. The zero-order valence-electron chi connectivity index (χ0n) is 13.9. The summed E-state index contributed by atoms with van der Waals surface area (Å²) in [5, 5.41) is 3.37. The number of nitrogens with zero attached hydrogens (tertiary/aromatic N) is 1. The van der Waals surface area contributed by atoms with Gasteiger partial charge in [0.15, 0.2) is 0 Å². The lowest BCUT2D eigenvalue weighted by Crippen LogP contribution is -2.50. The molecule has 2 aliphatic rings. The molecule has 1 amide bonds. The lowest BCUT2D eigenvalue weighted by molar-refractivity contribution is -0.132. The molecule has 134 valence electrons. The third kappa shape index (κ3) is 5.17. The topological polar surface area (TPSA) is 32.3 Å². The molecule has 1 N–H and O–H groups in total. The first-order chi connectivity index (χ1) is 12.2. The number of rotatable bonds is 6. The van der Waals surface area contributed by atoms with Gasteiger partial charge in [0.05, 0.1) is 5.25 Å². The van der Waals surface area contributed by atoms with Gasteiger partial charge in [-0.2, -0.15) is 12.6 Å². The van der Waals surface area contributed by atoms with Crippen molar-refractivity contribution in [3.8, 4) is 0 Å². The lowest BCUT2D eigenvalue weighted by Gasteiger charge is -2.29. The number of nitrogens with one attached hydrogen (secondary N) is 1. The number of halogens is 2. The first kappa shape index (κ1) is 19.6. The Labute approximate surface area is 178 Å². The number of likely N-dealkylation sites (tertiary alicyclic amines) is 1. The molecule has 0 spiro atoms. The summed E-state index contributed by atoms with van der Waals surface area (Å²) in [5.41, 5.74) is 2.34. The third-order valence-corrected chi connectivity index (χ3v) is 7.67. The predicted molar refractivity (Wildman–Crippen MR) is 126 cm³/mol. The van der Waals surface area contributed by atoms with E-state index in [2.05, 4.69) is 60.3 Å². The predicted octanol–water partition coefficient (Wildman–Crippen LogP) is 3.90. The summed E-state index contributed by atoms with van der Waals surface area (Å²) < 4.78 is 5.68. The van der Waals surface area contributed by atoms with E-state index in [1.807, 2.05) is 17.0 Å². The van der Waals surface area contributed by atoms with E-state index in [-0.39, 0.29) is 37.9 Å². The van der Waals surface area contributed by atoms with E-state index in [1.165, 1.54) is 9.13 Å². The second-order valence-electron chi connectivity index (χ2n) is 6.14. The molecule has 1 aromatic rings. The molecule has 1 aromatic carbocycles. The highest BCUT2D eigenvalue weighted by Crippen LogP contribution is 2.23. The number of amides is 1. The fraction of sp³-hybridized carbons (Fsp3) is 0.368. The van der Waals surface area contributed by atoms with Crippen LogP contribution in [0.25, 0.3) is 0 Å². The normalized spacial score (nSPS) is 19.3. The summed E-state index contributed by atoms with van der Waals surface area (Å²) >= 11 is 7.21. The average Bonchev–Trinajstić information content (AvgIpc) is 3.18. The van der Waals surface area contributed by atoms with Crippen molar-refractivity contribution in [2.75, 3.05) is 13.1 Å². The van der Waals surface area contributed by atoms with Gasteiger partial charge in [-0.05, 0) is 60.7 Å². The summed E-state index contributed by atoms with van der Waals surface area (Å²) in [7, 11) is 0. The highest BCUT2D eigenvalue weighted by molar-refractivity contribution is 14.2. The largest absolute Gasteiger partial charge is 0.341 e. The summed E-state index contributed by atoms with van der Waals surface area (Å²) in [5.74, 6) is 0.179. The third-order valence-electron chi connectivity index (χ3n) is 4.47. The van der Waals surface area contributed by atoms with Crippen LogP contribution in [0.1, 0.15) is 18.4 Å². The minimum atomic E-state index is -0.307. The SMILES string of the molecule is O=C([C@H](NCc1ccccc1I)[C@@H](S)C1=CC=IC=C1)N1CCCC1. The number of thiol groups is 1. The Bertz CT molecular complexity index is 711. The maximum atomic E-state index is 13.1. The Hall–Kier alpha value is -0.190. The highest BCUT2D eigenvalue weighted by Gasteiger charge is 2.32. The molecule has 1 fully saturated rings. The fourth-order valence-corrected chi connectivity index (χ4v) is 5.50. The van der Waals surface area contributed by atoms with E-state index in [0.717, 1.165) is 31.5 Å². The molecule has 25 heavy (non-hydrogen) atoms. The van der Waals surface area contributed by atoms with E-state index in [0.29, 0.717) is 6.54 Å². The lowest BCUT2D eigenvalue weighted by atomic mass is 10.0. The first-order valence-corrected chi connectivity index (χ1v) is 12.5. The summed E-state index contributed by atoms with van der Waals surface area (Å²) in [6.45, 7) is 2.41. The maximum Gasteiger partial charge on any atom is 0.241 e. The van der Waals surface area contributed by atoms with Crippen LogP contribution in [0.15, 0.2) is 46.1 Å². The van der Waals surface area contributed by atoms with Crippen molar-refractivity contribution in [1.29, 1.82) is 0 Å². The molecule has 0 bridgehead atoms. The second-order valence-corrected chi connectivity index (χ2v) is 10.0. The van der Waals surface area contributed by atoms with Crippen molar-refractivity contribution < 1.29 is 4.79 Å². The number of hydrogen-bond acceptors (Lipinski definition) is 3. The van der Waals surface area contributed by atoms with Crippen molar-refractivity contribution in [1.82, 2.24) is 10.2 Å². The first-order valence-electron chi connectivity index (χ1n) is 8.42. The van der Waals surface area contributed by atoms with Gasteiger partial charge in [-0.25, -0.2) is 0 Å². The standard InChI is InChI=1S/C19H22I2N2OS/c20-16-6-2-1-5-15(16)13-22-17(19(24)23-11-3-4-12-23)18(25)14-7-9-21-10-8-14/h1-2,5-10,17-18,22,25H,3-4,11-13H2/t17-,18+/m1/s1. The molecule has 2 atom stereocenters. The Balaban J connectivity index is 1.77. The van der Waals surface area contributed by atoms with Crippen LogP contribution in [-0.2, 0) is 11.3 Å². The van der Waals surface area contributed by atoms with Gasteiger partial charge in [-0.1, -0.05) is 51.1 Å². The molecule has 3 nitrogen and oxygen atoms in total. The van der Waals surface area contributed by atoms with Gasteiger partial charge in [0.25, 0.3) is 0 Å². The van der Waals surface area contributed by atoms with Crippen LogP contribution in [-0.4, -0.2) is 39.2 Å². The van der Waals surface area contributed by atoms with Crippen LogP contribution >= 0.6 is 56.0 Å². The van der Waals surface area contributed by atoms with E-state index in [9.17, 15) is 4.79 Å². The van der Waals surface area contributed by atoms with Gasteiger partial charge < -0.3 is 10.2 Å². The zero-order valence-corrected chi connectivity index (χ0v) is 19.1. The number of allylic oxidation sites excluding steroid dienone is 2. The van der Waals surface area contributed by atoms with Gasteiger partial charge in [-0.15, -0.1) is 0 Å². The second kappa shape index (κ2) is 9.66. The Morgan fingerprint density at radius 2 is 2.08 bits per heavy atom. The molecule has 2 heterocycles. The van der Waals surface area contributed by atoms with Gasteiger partial charge in [-0.3, -0.25) is 4.79 Å². The van der Waals surface area contributed by atoms with Crippen molar-refractivity contribution >= 4 is 65.9 Å². The number of carbonyl (C=O) groups is 1. The van der Waals surface area contributed by atoms with E-state index in [4.69, 9.17) is 12.6 Å². The molecule has 0 aromatic heterocycles. The van der Waals surface area contributed by atoms with Gasteiger partial charge in [0, 0.05) is 23.2 Å². The number of hydrogen-bond donors (Lipinski definition) is 2. The highest BCUT2D eigenvalue weighted by atomic mass is 127. The summed E-state index contributed by atoms with van der Waals surface area (Å²) in [4.78, 5) is 15.1. The molecule has 0 aliphatic carbocycles. The Morgan fingerprint density at radius 3 is 2.76 bits per heavy atom. The van der Waals surface area contributed by atoms with Crippen molar-refractivity contribution in [3.63, 3.8) is 0 Å². The number of carbonyl (C=O) groups excluding carboxylic acids is 1. The molecule has 1 saturated heterocycles. The number of benzene rings is 1. The molecule has 6 heteroatoms. The Kier molecular flexibility index (Phi) is 7.56. The van der Waals surface area contributed by atoms with E-state index >= 15 is 0 Å². The quantitative estimate of drug-likeness (QED) is 0.396. The van der Waals surface area contributed by atoms with Crippen molar-refractivity contribution in [2.45, 2.75) is 30.7 Å². The maximum absolute atomic E-state index is 13.1. The van der Waals surface area contributed by atoms with Gasteiger partial charge in [0.2, 0.25) is 5.91 Å². The molecule has 0 radical (unpaired) electrons. The monoisotopic (exact) mass is 580 g/mol. The van der Waals surface area contributed by atoms with Crippen molar-refractivity contribution in [3.05, 3.63) is 55.2 Å². The molecule has 0 saturated carbocycles. The fourth-order valence-electron chi connectivity index (χ4n) is 3.04. The minimum absolute atomic E-state index is 0.0350. The Morgan fingerprint density at radius 1 is 1.32 bits per heavy atom. The van der Waals surface area contributed by atoms with Crippen molar-refractivity contribution in [2.24, 2.45) is 0 Å². The zero-order chi connectivity index (χ0) is 17.6. The van der Waals surface area contributed by atoms with Crippen LogP contribution in [0, 0.1) is 3.57 Å². The summed E-state index contributed by atoms with van der Waals surface area (Å²) in [6, 6.07) is 7.98. The smallest absolute Gasteiger partial charge is 0.241 e. The average molecular weight is 580 g/mol. The van der Waals surface area contributed by atoms with Crippen LogP contribution in [0.4, 0.5) is 0 Å². The van der Waals surface area contributed by atoms with Crippen LogP contribution in [0.3, 0.4) is 0 Å².